The monoisotopic (exact) mass is 262 g/mol. The van der Waals surface area contributed by atoms with E-state index in [0.717, 1.165) is 0 Å². The largest absolute Gasteiger partial charge is 0.464 e. The average Bonchev–Trinajstić information content (AvgIpc) is 2.49. The zero-order valence-electron chi connectivity index (χ0n) is 9.50. The summed E-state index contributed by atoms with van der Waals surface area (Å²) in [5.41, 5.74) is 5.65. The molecule has 0 spiro atoms. The number of nitrogens with zero attached hydrogens (tertiary/aromatic N) is 2. The lowest BCUT2D eigenvalue weighted by Gasteiger charge is -2.06. The average molecular weight is 262 g/mol. The van der Waals surface area contributed by atoms with Gasteiger partial charge in [-0.15, -0.1) is 0 Å². The van der Waals surface area contributed by atoms with E-state index in [1.54, 1.807) is 6.92 Å². The summed E-state index contributed by atoms with van der Waals surface area (Å²) in [4.78, 5) is 15.2. The smallest absolute Gasteiger partial charge is 0.360 e. The van der Waals surface area contributed by atoms with Crippen LogP contribution in [0, 0.1) is 6.92 Å². The number of methoxy groups -OCH3 is 1. The predicted molar refractivity (Wildman–Crippen MR) is 60.7 cm³/mol. The molecule has 96 valence electrons. The molecule has 0 unspecified atom stereocenters. The van der Waals surface area contributed by atoms with Gasteiger partial charge in [0.1, 0.15) is 11.6 Å². The lowest BCUT2D eigenvalue weighted by atomic mass is 10.4. The Kier molecular flexibility index (Phi) is 3.73. The van der Waals surface area contributed by atoms with Gasteiger partial charge in [-0.05, 0) is 6.92 Å². The normalized spacial score (nSPS) is 11.5. The highest BCUT2D eigenvalue weighted by atomic mass is 32.2. The van der Waals surface area contributed by atoms with Gasteiger partial charge in [0.05, 0.1) is 12.9 Å². The van der Waals surface area contributed by atoms with Crippen LogP contribution in [-0.2, 0) is 21.3 Å². The summed E-state index contributed by atoms with van der Waals surface area (Å²) in [6.07, 6.45) is 0. The summed E-state index contributed by atoms with van der Waals surface area (Å²) in [5, 5.41) is 4.88. The van der Waals surface area contributed by atoms with Crippen LogP contribution in [0.2, 0.25) is 0 Å². The Hall–Kier alpha value is -1.61. The van der Waals surface area contributed by atoms with Crippen molar-refractivity contribution in [2.24, 2.45) is 5.14 Å². The van der Waals surface area contributed by atoms with Crippen LogP contribution in [0.1, 0.15) is 16.3 Å². The zero-order valence-corrected chi connectivity index (χ0v) is 10.3. The first-order chi connectivity index (χ1) is 7.76. The van der Waals surface area contributed by atoms with Crippen molar-refractivity contribution in [3.63, 3.8) is 0 Å². The first kappa shape index (κ1) is 13.5. The number of aryl methyl sites for hydroxylation is 1. The highest BCUT2D eigenvalue weighted by Gasteiger charge is 2.19. The summed E-state index contributed by atoms with van der Waals surface area (Å²) in [6.45, 7) is 1.65. The van der Waals surface area contributed by atoms with Crippen molar-refractivity contribution in [1.29, 1.82) is 0 Å². The first-order valence-corrected chi connectivity index (χ1v) is 6.39. The highest BCUT2D eigenvalue weighted by Crippen LogP contribution is 2.15. The molecule has 0 aliphatic heterocycles. The number of nitrogens with two attached hydrogens (primary N) is 2. The molecule has 0 bridgehead atoms. The van der Waals surface area contributed by atoms with E-state index in [2.05, 4.69) is 9.72 Å². The van der Waals surface area contributed by atoms with Crippen LogP contribution in [0.3, 0.4) is 0 Å². The highest BCUT2D eigenvalue weighted by molar-refractivity contribution is 7.89. The fourth-order valence-corrected chi connectivity index (χ4v) is 1.77. The quantitative estimate of drug-likeness (QED) is 0.659. The van der Waals surface area contributed by atoms with E-state index in [9.17, 15) is 13.2 Å². The van der Waals surface area contributed by atoms with Crippen molar-refractivity contribution in [3.05, 3.63) is 11.5 Å². The standard InChI is InChI=1S/C8H14N4O4S/c1-5-11-6(8(13)16-2)7(9)12(5)3-4-17(10,14)15/h3-4,9H2,1-2H3,(H2,10,14,15). The van der Waals surface area contributed by atoms with Crippen molar-refractivity contribution < 1.29 is 17.9 Å². The minimum absolute atomic E-state index is 0.0283. The van der Waals surface area contributed by atoms with E-state index in [4.69, 9.17) is 10.9 Å². The third kappa shape index (κ3) is 3.17. The number of hydrogen-bond acceptors (Lipinski definition) is 6. The maximum Gasteiger partial charge on any atom is 0.360 e. The molecule has 8 nitrogen and oxygen atoms in total. The fourth-order valence-electron chi connectivity index (χ4n) is 1.33. The molecule has 1 heterocycles. The Morgan fingerprint density at radius 2 is 2.12 bits per heavy atom. The van der Waals surface area contributed by atoms with E-state index >= 15 is 0 Å². The predicted octanol–water partition coefficient (Wildman–Crippen LogP) is -1.15. The van der Waals surface area contributed by atoms with Crippen LogP contribution >= 0.6 is 0 Å². The molecule has 1 rings (SSSR count). The molecule has 0 aliphatic rings. The molecule has 0 saturated carbocycles. The van der Waals surface area contributed by atoms with Crippen LogP contribution in [0.5, 0.6) is 0 Å². The number of esters is 1. The summed E-state index contributed by atoms with van der Waals surface area (Å²) in [5.74, 6) is -0.459. The molecular formula is C8H14N4O4S. The minimum atomic E-state index is -3.59. The van der Waals surface area contributed by atoms with E-state index in [-0.39, 0.29) is 23.8 Å². The van der Waals surface area contributed by atoms with Crippen molar-refractivity contribution in [3.8, 4) is 0 Å². The van der Waals surface area contributed by atoms with Crippen molar-refractivity contribution in [1.82, 2.24) is 9.55 Å². The van der Waals surface area contributed by atoms with E-state index < -0.39 is 16.0 Å². The molecule has 4 N–H and O–H groups in total. The summed E-state index contributed by atoms with van der Waals surface area (Å²) in [7, 11) is -2.38. The Morgan fingerprint density at radius 3 is 2.59 bits per heavy atom. The van der Waals surface area contributed by atoms with Crippen molar-refractivity contribution in [2.75, 3.05) is 18.6 Å². The van der Waals surface area contributed by atoms with Crippen molar-refractivity contribution in [2.45, 2.75) is 13.5 Å². The number of imidazole rings is 1. The maximum atomic E-state index is 11.3. The van der Waals surface area contributed by atoms with Gasteiger partial charge in [-0.25, -0.2) is 23.3 Å². The molecule has 1 aromatic heterocycles. The second-order valence-electron chi connectivity index (χ2n) is 3.40. The van der Waals surface area contributed by atoms with Crippen LogP contribution < -0.4 is 10.9 Å². The maximum absolute atomic E-state index is 11.3. The Labute approximate surface area is 98.6 Å². The second-order valence-corrected chi connectivity index (χ2v) is 5.14. The molecular weight excluding hydrogens is 248 g/mol. The van der Waals surface area contributed by atoms with Crippen LogP contribution in [0.15, 0.2) is 0 Å². The van der Waals surface area contributed by atoms with Crippen LogP contribution in [-0.4, -0.2) is 36.8 Å². The van der Waals surface area contributed by atoms with Gasteiger partial charge in [0.2, 0.25) is 10.0 Å². The fraction of sp³-hybridized carbons (Fsp3) is 0.500. The molecule has 1 aromatic rings. The third-order valence-electron chi connectivity index (χ3n) is 2.18. The number of aromatic nitrogens is 2. The number of hydrogen-bond donors (Lipinski definition) is 2. The third-order valence-corrected chi connectivity index (χ3v) is 2.93. The molecule has 0 radical (unpaired) electrons. The molecule has 0 fully saturated rings. The molecule has 0 atom stereocenters. The molecule has 0 aromatic carbocycles. The summed E-state index contributed by atoms with van der Waals surface area (Å²) in [6, 6.07) is 0. The van der Waals surface area contributed by atoms with Crippen molar-refractivity contribution >= 4 is 21.8 Å². The topological polar surface area (TPSA) is 130 Å². The van der Waals surface area contributed by atoms with Gasteiger partial charge in [-0.1, -0.05) is 0 Å². The Bertz CT molecular complexity index is 534. The van der Waals surface area contributed by atoms with Gasteiger partial charge in [-0.2, -0.15) is 0 Å². The number of primary sulfonamides is 1. The number of sulfonamides is 1. The minimum Gasteiger partial charge on any atom is -0.464 e. The molecule has 9 heteroatoms. The molecule has 0 aliphatic carbocycles. The van der Waals surface area contributed by atoms with E-state index in [0.29, 0.717) is 5.82 Å². The number of nitrogen functional groups attached to an aromatic ring is 1. The zero-order chi connectivity index (χ0) is 13.2. The van der Waals surface area contributed by atoms with Gasteiger partial charge >= 0.3 is 5.97 Å². The number of rotatable bonds is 4. The Balaban J connectivity index is 3.02. The summed E-state index contributed by atoms with van der Waals surface area (Å²) >= 11 is 0. The molecule has 0 saturated heterocycles. The van der Waals surface area contributed by atoms with Gasteiger partial charge < -0.3 is 15.0 Å². The van der Waals surface area contributed by atoms with Crippen LogP contribution in [0.25, 0.3) is 0 Å². The first-order valence-electron chi connectivity index (χ1n) is 4.67. The van der Waals surface area contributed by atoms with Gasteiger partial charge in [-0.3, -0.25) is 0 Å². The number of anilines is 1. The SMILES string of the molecule is COC(=O)c1nc(C)n(CCS(N)(=O)=O)c1N. The lowest BCUT2D eigenvalue weighted by Crippen LogP contribution is -2.21. The number of carbonyl (C=O) groups is 1. The number of carbonyl (C=O) groups excluding carboxylic acids is 1. The van der Waals surface area contributed by atoms with Gasteiger partial charge in [0.25, 0.3) is 0 Å². The molecule has 0 amide bonds. The lowest BCUT2D eigenvalue weighted by molar-refractivity contribution is 0.0595. The van der Waals surface area contributed by atoms with Gasteiger partial charge in [0.15, 0.2) is 5.69 Å². The van der Waals surface area contributed by atoms with Crippen LogP contribution in [0.4, 0.5) is 5.82 Å². The van der Waals surface area contributed by atoms with Gasteiger partial charge in [0, 0.05) is 6.54 Å². The van der Waals surface area contributed by atoms with E-state index in [1.165, 1.54) is 11.7 Å². The Morgan fingerprint density at radius 1 is 1.53 bits per heavy atom. The second kappa shape index (κ2) is 4.72. The summed E-state index contributed by atoms with van der Waals surface area (Å²) < 4.78 is 27.6. The number of ether oxygens (including phenoxy) is 1. The molecule has 17 heavy (non-hydrogen) atoms. The van der Waals surface area contributed by atoms with E-state index in [1.807, 2.05) is 0 Å².